The Labute approximate surface area is 180 Å². The number of benzene rings is 2. The van der Waals surface area contributed by atoms with Crippen molar-refractivity contribution in [2.75, 3.05) is 11.1 Å². The SMILES string of the molecule is C=CCn1c(SCC(=O)Nc2ccc(C(C)C)cc2)nnc1-c1cccc(Cl)c1. The molecule has 0 radical (unpaired) electrons. The molecule has 0 aliphatic heterocycles. The molecule has 0 atom stereocenters. The maximum atomic E-state index is 12.4. The molecule has 0 saturated carbocycles. The zero-order valence-electron chi connectivity index (χ0n) is 16.4. The van der Waals surface area contributed by atoms with Crippen molar-refractivity contribution in [2.24, 2.45) is 0 Å². The second-order valence-corrected chi connectivity index (χ2v) is 8.21. The number of amides is 1. The van der Waals surface area contributed by atoms with E-state index in [9.17, 15) is 4.79 Å². The van der Waals surface area contributed by atoms with Gasteiger partial charge in [-0.1, -0.05) is 67.6 Å². The molecule has 1 amide bonds. The van der Waals surface area contributed by atoms with Gasteiger partial charge in [0.1, 0.15) is 0 Å². The van der Waals surface area contributed by atoms with Crippen LogP contribution in [-0.2, 0) is 11.3 Å². The number of thioether (sulfide) groups is 1. The summed E-state index contributed by atoms with van der Waals surface area (Å²) in [4.78, 5) is 12.4. The summed E-state index contributed by atoms with van der Waals surface area (Å²) in [5, 5.41) is 12.8. The largest absolute Gasteiger partial charge is 0.325 e. The third-order valence-corrected chi connectivity index (χ3v) is 5.51. The molecule has 0 fully saturated rings. The number of hydrogen-bond donors (Lipinski definition) is 1. The van der Waals surface area contributed by atoms with Crippen LogP contribution in [0.1, 0.15) is 25.3 Å². The first-order valence-electron chi connectivity index (χ1n) is 9.30. The lowest BCUT2D eigenvalue weighted by molar-refractivity contribution is -0.113. The summed E-state index contributed by atoms with van der Waals surface area (Å²) in [5.41, 5.74) is 2.89. The minimum Gasteiger partial charge on any atom is -0.325 e. The number of allylic oxidation sites excluding steroid dienone is 1. The molecule has 0 aliphatic carbocycles. The van der Waals surface area contributed by atoms with Gasteiger partial charge < -0.3 is 5.32 Å². The maximum absolute atomic E-state index is 12.4. The van der Waals surface area contributed by atoms with Gasteiger partial charge in [0.2, 0.25) is 5.91 Å². The number of carbonyl (C=O) groups excluding carboxylic acids is 1. The first kappa shape index (κ1) is 21.1. The molecular weight excluding hydrogens is 404 g/mol. The average Bonchev–Trinajstić information content (AvgIpc) is 3.10. The zero-order chi connectivity index (χ0) is 20.8. The monoisotopic (exact) mass is 426 g/mol. The molecule has 3 aromatic rings. The molecule has 150 valence electrons. The number of anilines is 1. The van der Waals surface area contributed by atoms with Crippen LogP contribution in [0, 0.1) is 0 Å². The van der Waals surface area contributed by atoms with E-state index >= 15 is 0 Å². The summed E-state index contributed by atoms with van der Waals surface area (Å²) in [7, 11) is 0. The van der Waals surface area contributed by atoms with Crippen LogP contribution in [0.3, 0.4) is 0 Å². The van der Waals surface area contributed by atoms with E-state index < -0.39 is 0 Å². The van der Waals surface area contributed by atoms with E-state index in [-0.39, 0.29) is 11.7 Å². The van der Waals surface area contributed by atoms with Crippen LogP contribution in [0.25, 0.3) is 11.4 Å². The number of nitrogens with one attached hydrogen (secondary N) is 1. The fourth-order valence-electron chi connectivity index (χ4n) is 2.81. The second kappa shape index (κ2) is 9.76. The van der Waals surface area contributed by atoms with Crippen molar-refractivity contribution >= 4 is 35.0 Å². The Morgan fingerprint density at radius 2 is 2.00 bits per heavy atom. The summed E-state index contributed by atoms with van der Waals surface area (Å²) >= 11 is 7.44. The molecule has 1 heterocycles. The van der Waals surface area contributed by atoms with Crippen molar-refractivity contribution < 1.29 is 4.79 Å². The molecule has 3 rings (SSSR count). The molecule has 29 heavy (non-hydrogen) atoms. The van der Waals surface area contributed by atoms with E-state index in [1.54, 1.807) is 6.08 Å². The highest BCUT2D eigenvalue weighted by atomic mass is 35.5. The number of nitrogens with zero attached hydrogens (tertiary/aromatic N) is 3. The van der Waals surface area contributed by atoms with E-state index in [2.05, 4.69) is 35.9 Å². The summed E-state index contributed by atoms with van der Waals surface area (Å²) < 4.78 is 1.92. The molecule has 7 heteroatoms. The van der Waals surface area contributed by atoms with Crippen molar-refractivity contribution in [3.63, 3.8) is 0 Å². The molecule has 0 bridgehead atoms. The minimum absolute atomic E-state index is 0.0928. The summed E-state index contributed by atoms with van der Waals surface area (Å²) in [5.74, 6) is 1.29. The summed E-state index contributed by atoms with van der Waals surface area (Å²) in [6.07, 6.45) is 1.78. The number of rotatable bonds is 8. The lowest BCUT2D eigenvalue weighted by atomic mass is 10.0. The Morgan fingerprint density at radius 3 is 2.66 bits per heavy atom. The summed E-state index contributed by atoms with van der Waals surface area (Å²) in [6.45, 7) is 8.63. The van der Waals surface area contributed by atoms with Gasteiger partial charge in [0.15, 0.2) is 11.0 Å². The fourth-order valence-corrected chi connectivity index (χ4v) is 3.75. The van der Waals surface area contributed by atoms with E-state index in [1.807, 2.05) is 53.1 Å². The van der Waals surface area contributed by atoms with Crippen LogP contribution in [0.5, 0.6) is 0 Å². The van der Waals surface area contributed by atoms with E-state index in [0.29, 0.717) is 28.5 Å². The van der Waals surface area contributed by atoms with Gasteiger partial charge in [-0.2, -0.15) is 0 Å². The maximum Gasteiger partial charge on any atom is 0.234 e. The van der Waals surface area contributed by atoms with Crippen LogP contribution in [0.15, 0.2) is 66.3 Å². The predicted molar refractivity (Wildman–Crippen MR) is 121 cm³/mol. The van der Waals surface area contributed by atoms with Gasteiger partial charge in [0.25, 0.3) is 0 Å². The molecule has 5 nitrogen and oxygen atoms in total. The van der Waals surface area contributed by atoms with Crippen molar-refractivity contribution in [3.8, 4) is 11.4 Å². The highest BCUT2D eigenvalue weighted by Gasteiger charge is 2.15. The van der Waals surface area contributed by atoms with E-state index in [4.69, 9.17) is 11.6 Å². The fraction of sp³-hybridized carbons (Fsp3) is 0.227. The summed E-state index contributed by atoms with van der Waals surface area (Å²) in [6, 6.07) is 15.4. The molecule has 1 aromatic heterocycles. The standard InChI is InChI=1S/C22H23ClN4OS/c1-4-12-27-21(17-6-5-7-18(23)13-17)25-26-22(27)29-14-20(28)24-19-10-8-16(9-11-19)15(2)3/h4-11,13,15H,1,12,14H2,2-3H3,(H,24,28). The second-order valence-electron chi connectivity index (χ2n) is 6.83. The zero-order valence-corrected chi connectivity index (χ0v) is 18.0. The Morgan fingerprint density at radius 1 is 1.24 bits per heavy atom. The Hall–Kier alpha value is -2.57. The molecule has 0 saturated heterocycles. The highest BCUT2D eigenvalue weighted by molar-refractivity contribution is 7.99. The molecule has 0 unspecified atom stereocenters. The third kappa shape index (κ3) is 5.49. The molecule has 0 spiro atoms. The first-order valence-corrected chi connectivity index (χ1v) is 10.7. The Bertz CT molecular complexity index is 998. The van der Waals surface area contributed by atoms with Crippen molar-refractivity contribution in [1.82, 2.24) is 14.8 Å². The van der Waals surface area contributed by atoms with E-state index in [1.165, 1.54) is 17.3 Å². The van der Waals surface area contributed by atoms with Gasteiger partial charge in [-0.05, 0) is 35.7 Å². The van der Waals surface area contributed by atoms with Crippen LogP contribution in [-0.4, -0.2) is 26.4 Å². The number of hydrogen-bond acceptors (Lipinski definition) is 4. The molecule has 0 aliphatic rings. The van der Waals surface area contributed by atoms with Gasteiger partial charge in [-0.25, -0.2) is 0 Å². The Kier molecular flexibility index (Phi) is 7.12. The molecule has 2 aromatic carbocycles. The molecule has 1 N–H and O–H groups in total. The number of aromatic nitrogens is 3. The lowest BCUT2D eigenvalue weighted by Gasteiger charge is -2.09. The molecular formula is C22H23ClN4OS. The van der Waals surface area contributed by atoms with E-state index in [0.717, 1.165) is 11.3 Å². The van der Waals surface area contributed by atoms with Crippen LogP contribution >= 0.6 is 23.4 Å². The highest BCUT2D eigenvalue weighted by Crippen LogP contribution is 2.26. The van der Waals surface area contributed by atoms with Gasteiger partial charge in [-0.15, -0.1) is 16.8 Å². The van der Waals surface area contributed by atoms with Crippen LogP contribution in [0.4, 0.5) is 5.69 Å². The van der Waals surface area contributed by atoms with Crippen molar-refractivity contribution in [1.29, 1.82) is 0 Å². The van der Waals surface area contributed by atoms with Crippen LogP contribution < -0.4 is 5.32 Å². The van der Waals surface area contributed by atoms with Crippen LogP contribution in [0.2, 0.25) is 5.02 Å². The lowest BCUT2D eigenvalue weighted by Crippen LogP contribution is -2.14. The third-order valence-electron chi connectivity index (χ3n) is 4.30. The number of carbonyl (C=O) groups is 1. The van der Waals surface area contributed by atoms with Gasteiger partial charge in [-0.3, -0.25) is 9.36 Å². The quantitative estimate of drug-likeness (QED) is 0.374. The minimum atomic E-state index is -0.0928. The van der Waals surface area contributed by atoms with Crippen molar-refractivity contribution in [2.45, 2.75) is 31.5 Å². The Balaban J connectivity index is 1.68. The van der Waals surface area contributed by atoms with Gasteiger partial charge in [0, 0.05) is 22.8 Å². The average molecular weight is 427 g/mol. The van der Waals surface area contributed by atoms with Gasteiger partial charge in [0.05, 0.1) is 5.75 Å². The number of halogens is 1. The topological polar surface area (TPSA) is 59.8 Å². The van der Waals surface area contributed by atoms with Gasteiger partial charge >= 0.3 is 0 Å². The van der Waals surface area contributed by atoms with Crippen molar-refractivity contribution in [3.05, 3.63) is 71.8 Å². The predicted octanol–water partition coefficient (Wildman–Crippen LogP) is 5.64. The smallest absolute Gasteiger partial charge is 0.234 e. The first-order chi connectivity index (χ1) is 14.0. The normalized spacial score (nSPS) is 10.9.